The van der Waals surface area contributed by atoms with Crippen molar-refractivity contribution in [3.05, 3.63) is 75.2 Å². The van der Waals surface area contributed by atoms with Crippen LogP contribution in [0.15, 0.2) is 53.5 Å². The molecule has 5 amide bonds. The quantitative estimate of drug-likeness (QED) is 0.173. The van der Waals surface area contributed by atoms with Crippen LogP contribution in [0.3, 0.4) is 0 Å². The summed E-state index contributed by atoms with van der Waals surface area (Å²) in [6, 6.07) is 11.5. The molecular formula is C47H55ClN10O7. The first-order valence-electron chi connectivity index (χ1n) is 22.5. The molecule has 2 aromatic carbocycles. The monoisotopic (exact) mass is 906 g/mol. The Morgan fingerprint density at radius 2 is 1.74 bits per heavy atom. The third-order valence-corrected chi connectivity index (χ3v) is 14.8. The van der Waals surface area contributed by atoms with Crippen LogP contribution < -0.4 is 36.0 Å². The Morgan fingerprint density at radius 3 is 2.43 bits per heavy atom. The first-order valence-corrected chi connectivity index (χ1v) is 22.9. The van der Waals surface area contributed by atoms with E-state index in [1.807, 2.05) is 44.2 Å². The van der Waals surface area contributed by atoms with Gasteiger partial charge >= 0.3 is 0 Å². The van der Waals surface area contributed by atoms with Crippen molar-refractivity contribution in [1.82, 2.24) is 35.0 Å². The number of pyridine rings is 1. The Hall–Kier alpha value is -6.07. The van der Waals surface area contributed by atoms with Crippen LogP contribution in [-0.2, 0) is 14.4 Å². The van der Waals surface area contributed by atoms with Crippen LogP contribution in [0.25, 0.3) is 10.9 Å². The second kappa shape index (κ2) is 17.1. The lowest BCUT2D eigenvalue weighted by Crippen LogP contribution is -2.74. The number of benzene rings is 2. The van der Waals surface area contributed by atoms with Crippen molar-refractivity contribution in [2.24, 2.45) is 11.3 Å². The lowest BCUT2D eigenvalue weighted by molar-refractivity contribution is -0.136. The van der Waals surface area contributed by atoms with E-state index in [2.05, 4.69) is 49.5 Å². The maximum absolute atomic E-state index is 13.9. The number of carbonyl (C=O) groups excluding carboxylic acids is 5. The Balaban J connectivity index is 0.800. The summed E-state index contributed by atoms with van der Waals surface area (Å²) < 4.78 is 7.28. The average molecular weight is 907 g/mol. The topological polar surface area (TPSA) is 191 Å². The Labute approximate surface area is 381 Å². The van der Waals surface area contributed by atoms with Crippen LogP contribution in [-0.4, -0.2) is 118 Å². The molecule has 0 aliphatic carbocycles. The van der Waals surface area contributed by atoms with E-state index in [1.54, 1.807) is 22.9 Å². The minimum absolute atomic E-state index is 0.0522. The van der Waals surface area contributed by atoms with Crippen LogP contribution in [0.5, 0.6) is 5.75 Å². The Bertz CT molecular complexity index is 2670. The van der Waals surface area contributed by atoms with E-state index in [-0.39, 0.29) is 53.7 Å². The number of aromatic nitrogens is 3. The van der Waals surface area contributed by atoms with Gasteiger partial charge in [0, 0.05) is 67.7 Å². The Morgan fingerprint density at radius 1 is 0.985 bits per heavy atom. The molecule has 0 saturated carbocycles. The molecule has 4 fully saturated rings. The highest BCUT2D eigenvalue weighted by Crippen LogP contribution is 2.56. The molecule has 4 saturated heterocycles. The van der Waals surface area contributed by atoms with Crippen molar-refractivity contribution in [3.8, 4) is 5.75 Å². The minimum atomic E-state index is -1.00. The van der Waals surface area contributed by atoms with Gasteiger partial charge in [-0.3, -0.25) is 39.0 Å². The molecule has 0 radical (unpaired) electrons. The van der Waals surface area contributed by atoms with Crippen molar-refractivity contribution in [3.63, 3.8) is 0 Å². The van der Waals surface area contributed by atoms with Gasteiger partial charge in [-0.1, -0.05) is 17.7 Å². The standard InChI is InChI=1S/C47H55ClN10O7/c1-27(2)57-33-10-9-30(21-29(33)22-36(43(57)63)65-25-38(60)49-5)51-40-32(48)23-50-45(53-40)55-17-13-28(14-18-55)24-54-19-15-47(16-20-54)26-56(46(47,3)4)34-8-6-7-31-39(34)44(64)58(42(31)62)35-11-12-37(59)52-41(35)61/h6-10,21-23,27-28,35H,11-20,24-26H2,1-5H3,(H,49,60)(H,50,51,53)(H,52,59,61). The molecule has 17 nitrogen and oxygen atoms in total. The highest BCUT2D eigenvalue weighted by Gasteiger charge is 2.60. The molecule has 1 atom stereocenters. The van der Waals surface area contributed by atoms with E-state index in [0.29, 0.717) is 39.5 Å². The van der Waals surface area contributed by atoms with Crippen LogP contribution in [0.2, 0.25) is 5.02 Å². The van der Waals surface area contributed by atoms with Gasteiger partial charge in [0.1, 0.15) is 11.1 Å². The fraction of sp³-hybridized carbons (Fsp3) is 0.489. The first-order chi connectivity index (χ1) is 31.1. The second-order valence-corrected chi connectivity index (χ2v) is 19.2. The Kier molecular flexibility index (Phi) is 11.6. The lowest BCUT2D eigenvalue weighted by atomic mass is 9.57. The number of hydrogen-bond acceptors (Lipinski definition) is 13. The van der Waals surface area contributed by atoms with E-state index in [9.17, 15) is 28.8 Å². The summed E-state index contributed by atoms with van der Waals surface area (Å²) in [5.74, 6) is -0.612. The van der Waals surface area contributed by atoms with Crippen LogP contribution in [0.4, 0.5) is 23.1 Å². The fourth-order valence-corrected chi connectivity index (χ4v) is 10.7. The SMILES string of the molecule is CNC(=O)COc1cc2cc(Nc3nc(N4CCC(CN5CCC6(CC5)CN(c5cccc7c5C(=O)N(C5CCC(=O)NC5=O)C7=O)C6(C)C)CC4)ncc3Cl)ccc2n(C(C)C)c1=O. The van der Waals surface area contributed by atoms with Crippen molar-refractivity contribution in [2.45, 2.75) is 83.8 Å². The molecule has 5 aliphatic heterocycles. The molecule has 4 aromatic rings. The number of piperidine rings is 3. The average Bonchev–Trinajstić information content (AvgIpc) is 3.54. The highest BCUT2D eigenvalue weighted by molar-refractivity contribution is 6.33. The normalized spacial score (nSPS) is 20.9. The number of fused-ring (bicyclic) bond motifs is 2. The van der Waals surface area contributed by atoms with Crippen LogP contribution in [0.1, 0.15) is 93.0 Å². The molecule has 7 heterocycles. The summed E-state index contributed by atoms with van der Waals surface area (Å²) in [6.45, 7) is 13.4. The smallest absolute Gasteiger partial charge is 0.293 e. The molecule has 1 unspecified atom stereocenters. The number of hydrogen-bond donors (Lipinski definition) is 3. The number of carbonyl (C=O) groups is 5. The molecule has 0 bridgehead atoms. The lowest BCUT2D eigenvalue weighted by Gasteiger charge is -2.67. The molecule has 65 heavy (non-hydrogen) atoms. The van der Waals surface area contributed by atoms with Crippen molar-refractivity contribution >= 4 is 75.2 Å². The summed E-state index contributed by atoms with van der Waals surface area (Å²) in [5, 5.41) is 9.26. The summed E-state index contributed by atoms with van der Waals surface area (Å²) in [7, 11) is 1.51. The predicted octanol–water partition coefficient (Wildman–Crippen LogP) is 4.89. The fourth-order valence-electron chi connectivity index (χ4n) is 10.6. The molecular weight excluding hydrogens is 852 g/mol. The summed E-state index contributed by atoms with van der Waals surface area (Å²) in [6.07, 6.45) is 5.87. The zero-order chi connectivity index (χ0) is 45.9. The molecule has 3 N–H and O–H groups in total. The number of rotatable bonds is 11. The zero-order valence-corrected chi connectivity index (χ0v) is 38.2. The van der Waals surface area contributed by atoms with Gasteiger partial charge in [-0.15, -0.1) is 0 Å². The van der Waals surface area contributed by atoms with Crippen LogP contribution >= 0.6 is 11.6 Å². The van der Waals surface area contributed by atoms with Gasteiger partial charge < -0.3 is 34.6 Å². The van der Waals surface area contributed by atoms with Crippen molar-refractivity contribution in [2.75, 3.05) is 68.0 Å². The molecule has 9 rings (SSSR count). The van der Waals surface area contributed by atoms with Gasteiger partial charge in [0.25, 0.3) is 23.3 Å². The maximum atomic E-state index is 13.9. The van der Waals surface area contributed by atoms with Gasteiger partial charge in [0.05, 0.1) is 28.5 Å². The van der Waals surface area contributed by atoms with Gasteiger partial charge in [-0.2, -0.15) is 4.98 Å². The van der Waals surface area contributed by atoms with Gasteiger partial charge in [-0.25, -0.2) is 4.98 Å². The van der Waals surface area contributed by atoms with E-state index >= 15 is 0 Å². The molecule has 342 valence electrons. The molecule has 1 spiro atoms. The first kappa shape index (κ1) is 44.1. The number of anilines is 4. The van der Waals surface area contributed by atoms with Crippen molar-refractivity contribution < 1.29 is 28.7 Å². The van der Waals surface area contributed by atoms with Gasteiger partial charge in [0.2, 0.25) is 17.8 Å². The number of nitrogens with one attached hydrogen (secondary N) is 3. The van der Waals surface area contributed by atoms with E-state index in [1.165, 1.54) is 7.05 Å². The number of likely N-dealkylation sites (N-methyl/N-ethyl adjacent to an activating group) is 1. The van der Waals surface area contributed by atoms with Crippen LogP contribution in [0, 0.1) is 11.3 Å². The number of imide groups is 2. The number of nitrogens with zero attached hydrogens (tertiary/aromatic N) is 7. The summed E-state index contributed by atoms with van der Waals surface area (Å²) >= 11 is 6.63. The number of likely N-dealkylation sites (tertiary alicyclic amines) is 1. The molecule has 18 heteroatoms. The highest BCUT2D eigenvalue weighted by atomic mass is 35.5. The number of ether oxygens (including phenoxy) is 1. The second-order valence-electron chi connectivity index (χ2n) is 18.8. The largest absolute Gasteiger partial charge is 0.478 e. The summed E-state index contributed by atoms with van der Waals surface area (Å²) in [5.41, 5.74) is 2.29. The maximum Gasteiger partial charge on any atom is 0.293 e. The van der Waals surface area contributed by atoms with E-state index in [4.69, 9.17) is 21.3 Å². The van der Waals surface area contributed by atoms with E-state index in [0.717, 1.165) is 86.4 Å². The van der Waals surface area contributed by atoms with Gasteiger partial charge in [0.15, 0.2) is 18.2 Å². The minimum Gasteiger partial charge on any atom is -0.478 e. The molecule has 5 aliphatic rings. The third kappa shape index (κ3) is 7.85. The third-order valence-electron chi connectivity index (χ3n) is 14.5. The zero-order valence-electron chi connectivity index (χ0n) is 37.4. The molecule has 2 aromatic heterocycles. The van der Waals surface area contributed by atoms with Crippen molar-refractivity contribution in [1.29, 1.82) is 0 Å². The number of halogens is 1. The number of amides is 5. The summed E-state index contributed by atoms with van der Waals surface area (Å²) in [4.78, 5) is 94.6. The predicted molar refractivity (Wildman–Crippen MR) is 246 cm³/mol. The van der Waals surface area contributed by atoms with Gasteiger partial charge in [-0.05, 0) is 115 Å². The van der Waals surface area contributed by atoms with E-state index < -0.39 is 29.7 Å².